The Hall–Kier alpha value is -2.47. The molecule has 4 rings (SSSR count). The Morgan fingerprint density at radius 2 is 1.95 bits per heavy atom. The maximum atomic E-state index is 13.6. The van der Waals surface area contributed by atoms with Crippen molar-refractivity contribution >= 4 is 33.3 Å². The fourth-order valence-electron chi connectivity index (χ4n) is 4.61. The van der Waals surface area contributed by atoms with E-state index in [4.69, 9.17) is 22.1 Å². The number of benzene rings is 1. The number of amides is 2. The van der Waals surface area contributed by atoms with Crippen LogP contribution < -0.4 is 11.1 Å². The minimum atomic E-state index is -3.62. The minimum Gasteiger partial charge on any atom is -0.378 e. The number of imidazole rings is 1. The first-order valence-corrected chi connectivity index (χ1v) is 14.2. The molecule has 1 fully saturated rings. The molecule has 2 amide bonds. The van der Waals surface area contributed by atoms with Crippen molar-refractivity contribution in [2.24, 2.45) is 5.73 Å². The first-order valence-electron chi connectivity index (χ1n) is 12.3. The van der Waals surface area contributed by atoms with Gasteiger partial charge in [-0.1, -0.05) is 23.7 Å². The van der Waals surface area contributed by atoms with E-state index in [0.29, 0.717) is 37.5 Å². The number of rotatable bonds is 11. The van der Waals surface area contributed by atoms with Crippen LogP contribution in [0.25, 0.3) is 0 Å². The van der Waals surface area contributed by atoms with Gasteiger partial charge in [-0.05, 0) is 51.3 Å². The van der Waals surface area contributed by atoms with Crippen LogP contribution in [0.3, 0.4) is 0 Å². The Labute approximate surface area is 222 Å². The number of hydrogen-bond acceptors (Lipinski definition) is 7. The monoisotopic (exact) mass is 551 g/mol. The highest BCUT2D eigenvalue weighted by Crippen LogP contribution is 2.49. The van der Waals surface area contributed by atoms with Crippen LogP contribution in [0.15, 0.2) is 30.5 Å². The van der Waals surface area contributed by atoms with Crippen molar-refractivity contribution in [2.75, 3.05) is 26.3 Å². The molecule has 2 aliphatic rings. The number of carbonyl (C=O) groups excluding carboxylic acids is 2. The molecule has 0 bridgehead atoms. The van der Waals surface area contributed by atoms with Gasteiger partial charge in [-0.3, -0.25) is 9.59 Å². The standard InChI is InChI=1S/C25H34ClN5O5S/c1-17(27)14-36-16-24(2,3)37(34,35)25(8-9-25)15-30-10-11-31-20(23(30)33)13-28-21(31)22(32)29-12-18-4-6-19(26)7-5-18/h4-7,13,17H,8-12,14-16,27H2,1-3H3,(H,29,32)/t17-/m1/s1. The number of fused-ring (bicyclic) bond motifs is 1. The normalized spacial score (nSPS) is 17.9. The summed E-state index contributed by atoms with van der Waals surface area (Å²) in [5.41, 5.74) is 6.88. The summed E-state index contributed by atoms with van der Waals surface area (Å²) in [6.45, 7) is 6.46. The summed E-state index contributed by atoms with van der Waals surface area (Å²) >= 11 is 5.90. The van der Waals surface area contributed by atoms with Crippen LogP contribution in [0.2, 0.25) is 5.02 Å². The summed E-state index contributed by atoms with van der Waals surface area (Å²) in [7, 11) is -3.62. The van der Waals surface area contributed by atoms with Gasteiger partial charge in [0.15, 0.2) is 15.7 Å². The van der Waals surface area contributed by atoms with Gasteiger partial charge in [0.25, 0.3) is 11.8 Å². The summed E-state index contributed by atoms with van der Waals surface area (Å²) in [5.74, 6) is -0.571. The number of ether oxygens (including phenoxy) is 1. The minimum absolute atomic E-state index is 0.0355. The number of halogens is 1. The average Bonchev–Trinajstić information content (AvgIpc) is 3.50. The molecular weight excluding hydrogens is 518 g/mol. The van der Waals surface area contributed by atoms with Crippen molar-refractivity contribution < 1.29 is 22.7 Å². The average molecular weight is 552 g/mol. The van der Waals surface area contributed by atoms with E-state index in [1.807, 2.05) is 12.1 Å². The van der Waals surface area contributed by atoms with Crippen molar-refractivity contribution in [1.82, 2.24) is 19.8 Å². The van der Waals surface area contributed by atoms with Gasteiger partial charge < -0.3 is 25.3 Å². The van der Waals surface area contributed by atoms with Crippen molar-refractivity contribution in [3.8, 4) is 0 Å². The molecule has 37 heavy (non-hydrogen) atoms. The number of carbonyl (C=O) groups is 2. The predicted octanol–water partition coefficient (Wildman–Crippen LogP) is 2.01. The molecule has 0 spiro atoms. The zero-order valence-corrected chi connectivity index (χ0v) is 22.9. The molecule has 1 aromatic carbocycles. The Morgan fingerprint density at radius 1 is 1.27 bits per heavy atom. The Balaban J connectivity index is 1.42. The van der Waals surface area contributed by atoms with E-state index in [1.54, 1.807) is 42.4 Å². The molecular formula is C25H34ClN5O5S. The summed E-state index contributed by atoms with van der Waals surface area (Å²) in [6, 6.07) is 6.94. The molecule has 2 heterocycles. The molecule has 0 unspecified atom stereocenters. The van der Waals surface area contributed by atoms with Gasteiger partial charge in [0.2, 0.25) is 0 Å². The summed E-state index contributed by atoms with van der Waals surface area (Å²) < 4.78 is 32.3. The second-order valence-corrected chi connectivity index (χ2v) is 14.0. The predicted molar refractivity (Wildman–Crippen MR) is 140 cm³/mol. The van der Waals surface area contributed by atoms with E-state index in [0.717, 1.165) is 5.56 Å². The maximum absolute atomic E-state index is 13.6. The van der Waals surface area contributed by atoms with Gasteiger partial charge >= 0.3 is 0 Å². The number of sulfone groups is 1. The van der Waals surface area contributed by atoms with Crippen LogP contribution in [-0.4, -0.2) is 76.5 Å². The first-order chi connectivity index (χ1) is 17.4. The maximum Gasteiger partial charge on any atom is 0.287 e. The molecule has 1 aliphatic carbocycles. The molecule has 2 aromatic rings. The molecule has 3 N–H and O–H groups in total. The van der Waals surface area contributed by atoms with E-state index in [2.05, 4.69) is 10.3 Å². The second-order valence-electron chi connectivity index (χ2n) is 10.6. The molecule has 0 saturated heterocycles. The van der Waals surface area contributed by atoms with E-state index in [1.165, 1.54) is 6.20 Å². The highest BCUT2D eigenvalue weighted by atomic mass is 35.5. The quantitative estimate of drug-likeness (QED) is 0.436. The van der Waals surface area contributed by atoms with Crippen LogP contribution >= 0.6 is 11.6 Å². The fourth-order valence-corrected chi connectivity index (χ4v) is 7.11. The third-order valence-corrected chi connectivity index (χ3v) is 10.4. The highest BCUT2D eigenvalue weighted by Gasteiger charge is 2.61. The van der Waals surface area contributed by atoms with Crippen molar-refractivity contribution in [1.29, 1.82) is 0 Å². The zero-order valence-electron chi connectivity index (χ0n) is 21.4. The topological polar surface area (TPSA) is 137 Å². The molecule has 1 saturated carbocycles. The Bertz CT molecular complexity index is 1270. The lowest BCUT2D eigenvalue weighted by atomic mass is 10.2. The van der Waals surface area contributed by atoms with Gasteiger partial charge in [0.05, 0.1) is 28.9 Å². The number of aromatic nitrogens is 2. The van der Waals surface area contributed by atoms with Crippen molar-refractivity contribution in [3.63, 3.8) is 0 Å². The smallest absolute Gasteiger partial charge is 0.287 e. The lowest BCUT2D eigenvalue weighted by Crippen LogP contribution is -2.52. The van der Waals surface area contributed by atoms with E-state index >= 15 is 0 Å². The highest BCUT2D eigenvalue weighted by molar-refractivity contribution is 7.94. The van der Waals surface area contributed by atoms with Gasteiger partial charge in [0.1, 0.15) is 5.69 Å². The SMILES string of the molecule is C[C@@H](N)COCC(C)(C)S(=O)(=O)C1(CN2CCn3c(cnc3C(=O)NCc3ccc(Cl)cc3)C2=O)CC1. The molecule has 0 radical (unpaired) electrons. The summed E-state index contributed by atoms with van der Waals surface area (Å²) in [5, 5.41) is 3.43. The number of nitrogens with one attached hydrogen (secondary N) is 1. The number of hydrogen-bond donors (Lipinski definition) is 2. The van der Waals surface area contributed by atoms with E-state index in [9.17, 15) is 18.0 Å². The van der Waals surface area contributed by atoms with Gasteiger partial charge in [-0.25, -0.2) is 13.4 Å². The third-order valence-electron chi connectivity index (χ3n) is 6.94. The molecule has 1 atom stereocenters. The zero-order chi connectivity index (χ0) is 27.0. The van der Waals surface area contributed by atoms with E-state index in [-0.39, 0.29) is 43.2 Å². The van der Waals surface area contributed by atoms with Crippen LogP contribution in [0.1, 0.15) is 60.3 Å². The second kappa shape index (κ2) is 10.4. The Morgan fingerprint density at radius 3 is 2.57 bits per heavy atom. The van der Waals surface area contributed by atoms with Crippen LogP contribution in [0.4, 0.5) is 0 Å². The Kier molecular flexibility index (Phi) is 7.72. The van der Waals surface area contributed by atoms with Crippen LogP contribution in [-0.2, 0) is 27.7 Å². The largest absolute Gasteiger partial charge is 0.378 e. The molecule has 202 valence electrons. The summed E-state index contributed by atoms with van der Waals surface area (Å²) in [4.78, 5) is 31.8. The molecule has 12 heteroatoms. The number of nitrogens with two attached hydrogens (primary N) is 1. The fraction of sp³-hybridized carbons (Fsp3) is 0.560. The van der Waals surface area contributed by atoms with Crippen molar-refractivity contribution in [2.45, 2.75) is 62.2 Å². The molecule has 1 aromatic heterocycles. The number of nitrogens with zero attached hydrogens (tertiary/aromatic N) is 3. The first kappa shape index (κ1) is 27.6. The van der Waals surface area contributed by atoms with E-state index < -0.39 is 25.2 Å². The van der Waals surface area contributed by atoms with Crippen LogP contribution in [0.5, 0.6) is 0 Å². The van der Waals surface area contributed by atoms with Gasteiger partial charge in [-0.2, -0.15) is 0 Å². The lowest BCUT2D eigenvalue weighted by molar-refractivity contribution is 0.0697. The van der Waals surface area contributed by atoms with Crippen LogP contribution in [0, 0.1) is 0 Å². The van der Waals surface area contributed by atoms with Crippen molar-refractivity contribution in [3.05, 3.63) is 52.6 Å². The van der Waals surface area contributed by atoms with Gasteiger partial charge in [-0.15, -0.1) is 0 Å². The van der Waals surface area contributed by atoms with Gasteiger partial charge in [0, 0.05) is 37.2 Å². The summed E-state index contributed by atoms with van der Waals surface area (Å²) in [6.07, 6.45) is 2.37. The lowest BCUT2D eigenvalue weighted by Gasteiger charge is -2.35. The molecule has 1 aliphatic heterocycles. The molecule has 10 nitrogen and oxygen atoms in total. The third kappa shape index (κ3) is 5.55.